The molecule has 4 heterocycles. The van der Waals surface area contributed by atoms with Crippen molar-refractivity contribution >= 4 is 87.2 Å². The standard InChI is InChI=1S/C52H32F3N5/c1-57-41-18-7-3-14-33(41)37-22-24-39-35-16-5-9-20-43(35)59(50(39)48(37)57)45-27-26-32(31-13-11-12-30(28-31)29-56)47(46(45)52(53,54)55)60-44-21-10-6-17-36(44)40-25-23-38-34-15-4-8-19-42(34)58(2)49(38)51(40)60/h3-28H,1-2H3. The van der Waals surface area contributed by atoms with Crippen molar-refractivity contribution in [1.82, 2.24) is 18.3 Å². The Hall–Kier alpha value is -7.76. The lowest BCUT2D eigenvalue weighted by Crippen LogP contribution is -2.17. The van der Waals surface area contributed by atoms with Crippen LogP contribution in [-0.2, 0) is 20.3 Å². The molecule has 0 N–H and O–H groups in total. The first-order chi connectivity index (χ1) is 29.2. The Kier molecular flexibility index (Phi) is 6.94. The number of rotatable bonds is 3. The van der Waals surface area contributed by atoms with Gasteiger partial charge >= 0.3 is 6.18 Å². The maximum absolute atomic E-state index is 17.0. The van der Waals surface area contributed by atoms with Gasteiger partial charge in [0, 0.05) is 73.8 Å². The first-order valence-corrected chi connectivity index (χ1v) is 19.8. The van der Waals surface area contributed by atoms with Gasteiger partial charge in [0.2, 0.25) is 0 Å². The van der Waals surface area contributed by atoms with Gasteiger partial charge in [-0.1, -0.05) is 115 Å². The van der Waals surface area contributed by atoms with E-state index in [0.29, 0.717) is 38.8 Å². The molecule has 8 heteroatoms. The van der Waals surface area contributed by atoms with Crippen LogP contribution in [0.25, 0.3) is 110 Å². The number of benzene rings is 8. The van der Waals surface area contributed by atoms with Crippen molar-refractivity contribution in [3.8, 4) is 28.6 Å². The van der Waals surface area contributed by atoms with E-state index in [1.165, 1.54) is 0 Å². The number of aromatic nitrogens is 4. The largest absolute Gasteiger partial charge is 0.420 e. The smallest absolute Gasteiger partial charge is 0.342 e. The van der Waals surface area contributed by atoms with E-state index in [2.05, 4.69) is 39.5 Å². The Labute approximate surface area is 340 Å². The zero-order chi connectivity index (χ0) is 40.6. The summed E-state index contributed by atoms with van der Waals surface area (Å²) in [6, 6.07) is 52.4. The average molecular weight is 784 g/mol. The van der Waals surface area contributed by atoms with Crippen LogP contribution in [0.3, 0.4) is 0 Å². The van der Waals surface area contributed by atoms with E-state index in [1.807, 2.05) is 120 Å². The number of hydrogen-bond acceptors (Lipinski definition) is 1. The van der Waals surface area contributed by atoms with Crippen molar-refractivity contribution in [1.29, 1.82) is 5.26 Å². The topological polar surface area (TPSA) is 43.5 Å². The van der Waals surface area contributed by atoms with Gasteiger partial charge in [-0.15, -0.1) is 0 Å². The van der Waals surface area contributed by atoms with Gasteiger partial charge in [0.15, 0.2) is 0 Å². The fraction of sp³-hybridized carbons (Fsp3) is 0.0577. The number of alkyl halides is 3. The van der Waals surface area contributed by atoms with E-state index >= 15 is 13.2 Å². The SMILES string of the molecule is Cn1c2ccccc2c2ccc3c4ccccc4n(-c4ccc(-c5cccc(C#N)c5)c(-n5c6ccccc6c6ccc7c8ccccc8n(C)c7c65)c4C(F)(F)F)c3c21. The third-order valence-corrected chi connectivity index (χ3v) is 12.6. The molecule has 12 aromatic rings. The summed E-state index contributed by atoms with van der Waals surface area (Å²) >= 11 is 0. The Balaban J connectivity index is 1.34. The molecule has 0 spiro atoms. The molecule has 4 aromatic heterocycles. The monoisotopic (exact) mass is 783 g/mol. The third-order valence-electron chi connectivity index (χ3n) is 12.6. The van der Waals surface area contributed by atoms with E-state index in [9.17, 15) is 5.26 Å². The summed E-state index contributed by atoms with van der Waals surface area (Å²) in [4.78, 5) is 0. The van der Waals surface area contributed by atoms with Crippen molar-refractivity contribution in [2.24, 2.45) is 14.1 Å². The molecule has 0 fully saturated rings. The van der Waals surface area contributed by atoms with Crippen LogP contribution in [-0.4, -0.2) is 18.3 Å². The molecule has 0 aliphatic heterocycles. The number of nitrogens with zero attached hydrogens (tertiary/aromatic N) is 5. The second kappa shape index (κ2) is 12.1. The fourth-order valence-corrected chi connectivity index (χ4v) is 10.2. The minimum Gasteiger partial charge on any atom is -0.342 e. The molecule has 0 atom stereocenters. The normalized spacial score (nSPS) is 12.4. The average Bonchev–Trinajstić information content (AvgIpc) is 3.98. The Morgan fingerprint density at radius 1 is 0.450 bits per heavy atom. The third kappa shape index (κ3) is 4.46. The summed E-state index contributed by atoms with van der Waals surface area (Å²) in [7, 11) is 3.97. The van der Waals surface area contributed by atoms with Gasteiger partial charge in [-0.2, -0.15) is 18.4 Å². The molecule has 12 rings (SSSR count). The molecule has 0 amide bonds. The molecule has 0 saturated heterocycles. The molecule has 5 nitrogen and oxygen atoms in total. The fourth-order valence-electron chi connectivity index (χ4n) is 10.2. The highest BCUT2D eigenvalue weighted by atomic mass is 19.4. The van der Waals surface area contributed by atoms with Crippen LogP contribution in [0.1, 0.15) is 11.1 Å². The number of hydrogen-bond donors (Lipinski definition) is 0. The predicted molar refractivity (Wildman–Crippen MR) is 238 cm³/mol. The van der Waals surface area contributed by atoms with Gasteiger partial charge in [-0.3, -0.25) is 0 Å². The molecule has 0 aliphatic carbocycles. The second-order valence-corrected chi connectivity index (χ2v) is 15.6. The van der Waals surface area contributed by atoms with Crippen LogP contribution in [0, 0.1) is 11.3 Å². The Bertz CT molecular complexity index is 3860. The predicted octanol–water partition coefficient (Wildman–Crippen LogP) is 13.7. The van der Waals surface area contributed by atoms with Gasteiger partial charge in [0.05, 0.1) is 56.1 Å². The number of nitriles is 1. The molecule has 0 unspecified atom stereocenters. The van der Waals surface area contributed by atoms with Crippen LogP contribution in [0.2, 0.25) is 0 Å². The first-order valence-electron chi connectivity index (χ1n) is 19.8. The van der Waals surface area contributed by atoms with Gasteiger partial charge in [-0.25, -0.2) is 0 Å². The summed E-state index contributed by atoms with van der Waals surface area (Å²) in [5, 5.41) is 17.4. The molecule has 0 saturated carbocycles. The summed E-state index contributed by atoms with van der Waals surface area (Å²) < 4.78 is 58.8. The van der Waals surface area contributed by atoms with Crippen LogP contribution in [0.15, 0.2) is 158 Å². The van der Waals surface area contributed by atoms with Gasteiger partial charge in [-0.05, 0) is 48.0 Å². The molecule has 60 heavy (non-hydrogen) atoms. The number of fused-ring (bicyclic) bond motifs is 14. The van der Waals surface area contributed by atoms with Crippen molar-refractivity contribution < 1.29 is 13.2 Å². The van der Waals surface area contributed by atoms with Crippen molar-refractivity contribution in [2.75, 3.05) is 0 Å². The minimum absolute atomic E-state index is 0.00538. The van der Waals surface area contributed by atoms with Crippen molar-refractivity contribution in [3.05, 3.63) is 169 Å². The van der Waals surface area contributed by atoms with E-state index < -0.39 is 11.7 Å². The molecule has 0 bridgehead atoms. The second-order valence-electron chi connectivity index (χ2n) is 15.6. The maximum atomic E-state index is 17.0. The van der Waals surface area contributed by atoms with Crippen LogP contribution < -0.4 is 0 Å². The van der Waals surface area contributed by atoms with E-state index in [0.717, 1.165) is 65.2 Å². The Morgan fingerprint density at radius 3 is 1.42 bits per heavy atom. The number of aryl methyl sites for hydroxylation is 2. The number of para-hydroxylation sites is 4. The van der Waals surface area contributed by atoms with Crippen LogP contribution in [0.5, 0.6) is 0 Å². The zero-order valence-corrected chi connectivity index (χ0v) is 32.4. The lowest BCUT2D eigenvalue weighted by atomic mass is 9.96. The van der Waals surface area contributed by atoms with E-state index in [-0.39, 0.29) is 11.4 Å². The minimum atomic E-state index is -4.86. The molecule has 8 aromatic carbocycles. The van der Waals surface area contributed by atoms with E-state index in [1.54, 1.807) is 36.4 Å². The van der Waals surface area contributed by atoms with Gasteiger partial charge in [0.1, 0.15) is 5.56 Å². The van der Waals surface area contributed by atoms with Crippen molar-refractivity contribution in [3.63, 3.8) is 0 Å². The molecular weight excluding hydrogens is 752 g/mol. The van der Waals surface area contributed by atoms with Crippen molar-refractivity contribution in [2.45, 2.75) is 6.18 Å². The highest BCUT2D eigenvalue weighted by Crippen LogP contribution is 2.50. The molecule has 0 aliphatic rings. The lowest BCUT2D eigenvalue weighted by molar-refractivity contribution is -0.137. The number of halogens is 3. The highest BCUT2D eigenvalue weighted by Gasteiger charge is 2.41. The summed E-state index contributed by atoms with van der Waals surface area (Å²) in [6.07, 6.45) is -4.86. The van der Waals surface area contributed by atoms with Gasteiger partial charge in [0.25, 0.3) is 0 Å². The lowest BCUT2D eigenvalue weighted by Gasteiger charge is -2.25. The first kappa shape index (κ1) is 34.3. The highest BCUT2D eigenvalue weighted by molar-refractivity contribution is 6.25. The van der Waals surface area contributed by atoms with Crippen LogP contribution in [0.4, 0.5) is 13.2 Å². The Morgan fingerprint density at radius 2 is 0.900 bits per heavy atom. The summed E-state index contributed by atoms with van der Waals surface area (Å²) in [6.45, 7) is 0. The van der Waals surface area contributed by atoms with Crippen LogP contribution >= 0.6 is 0 Å². The molecule has 286 valence electrons. The summed E-state index contributed by atoms with van der Waals surface area (Å²) in [5.41, 5.74) is 6.77. The molecule has 0 radical (unpaired) electrons. The maximum Gasteiger partial charge on any atom is 0.420 e. The molecular formula is C52H32F3N5. The summed E-state index contributed by atoms with van der Waals surface area (Å²) in [5.74, 6) is 0. The van der Waals surface area contributed by atoms with E-state index in [4.69, 9.17) is 0 Å². The zero-order valence-electron chi connectivity index (χ0n) is 32.4. The quantitative estimate of drug-likeness (QED) is 0.176. The van der Waals surface area contributed by atoms with Gasteiger partial charge < -0.3 is 18.3 Å².